The van der Waals surface area contributed by atoms with Crippen LogP contribution in [0.1, 0.15) is 25.7 Å². The van der Waals surface area contributed by atoms with Crippen molar-refractivity contribution in [2.75, 3.05) is 19.6 Å². The molecule has 0 bridgehead atoms. The first-order valence-electron chi connectivity index (χ1n) is 6.65. The van der Waals surface area contributed by atoms with Gasteiger partial charge in [0.1, 0.15) is 0 Å². The topological polar surface area (TPSA) is 44.3 Å². The van der Waals surface area contributed by atoms with E-state index in [0.717, 1.165) is 6.54 Å². The lowest BCUT2D eigenvalue weighted by atomic mass is 9.85. The Labute approximate surface area is 105 Å². The fourth-order valence-corrected chi connectivity index (χ4v) is 2.87. The van der Waals surface area contributed by atoms with Gasteiger partial charge >= 0.3 is 6.18 Å². The second-order valence-corrected chi connectivity index (χ2v) is 5.48. The van der Waals surface area contributed by atoms with E-state index < -0.39 is 12.1 Å². The molecule has 2 atom stereocenters. The molecule has 2 fully saturated rings. The van der Waals surface area contributed by atoms with Crippen LogP contribution in [0, 0.1) is 11.8 Å². The lowest BCUT2D eigenvalue weighted by Gasteiger charge is -2.31. The summed E-state index contributed by atoms with van der Waals surface area (Å²) in [6, 6.07) is 0.177. The fourth-order valence-electron chi connectivity index (χ4n) is 2.87. The van der Waals surface area contributed by atoms with E-state index in [2.05, 4.69) is 10.6 Å². The van der Waals surface area contributed by atoms with Crippen LogP contribution >= 0.6 is 0 Å². The average molecular weight is 266 g/mol. The van der Waals surface area contributed by atoms with E-state index in [4.69, 9.17) is 0 Å². The van der Waals surface area contributed by atoms with Gasteiger partial charge in [0.05, 0.1) is 12.0 Å². The first-order chi connectivity index (χ1) is 8.47. The predicted octanol–water partition coefficient (Wildman–Crippen LogP) is 1.28. The van der Waals surface area contributed by atoms with E-state index in [9.17, 15) is 18.3 Å². The standard InChI is InChI=1S/C12H21F3N2O/c13-12(14,15)9-1-3-10(4-2-9)17-6-8-5-16-7-11(8)18/h8-11,16-18H,1-7H2. The molecule has 0 amide bonds. The van der Waals surface area contributed by atoms with Crippen molar-refractivity contribution in [2.24, 2.45) is 11.8 Å². The molecular weight excluding hydrogens is 245 g/mol. The van der Waals surface area contributed by atoms with Gasteiger partial charge in [-0.15, -0.1) is 0 Å². The zero-order valence-electron chi connectivity index (χ0n) is 10.3. The van der Waals surface area contributed by atoms with Crippen LogP contribution in [0.2, 0.25) is 0 Å². The number of nitrogens with one attached hydrogen (secondary N) is 2. The average Bonchev–Trinajstić information content (AvgIpc) is 2.72. The van der Waals surface area contributed by atoms with Gasteiger partial charge in [0.15, 0.2) is 0 Å². The van der Waals surface area contributed by atoms with E-state index in [0.29, 0.717) is 25.9 Å². The van der Waals surface area contributed by atoms with Crippen molar-refractivity contribution in [2.45, 2.75) is 44.0 Å². The molecule has 3 nitrogen and oxygen atoms in total. The highest BCUT2D eigenvalue weighted by atomic mass is 19.4. The Balaban J connectivity index is 1.67. The Bertz CT molecular complexity index is 265. The normalized spacial score (nSPS) is 38.0. The molecule has 1 heterocycles. The molecule has 0 aromatic rings. The number of aliphatic hydroxyl groups is 1. The van der Waals surface area contributed by atoms with Gasteiger partial charge in [-0.3, -0.25) is 0 Å². The van der Waals surface area contributed by atoms with Gasteiger partial charge in [-0.2, -0.15) is 13.2 Å². The second kappa shape index (κ2) is 5.75. The van der Waals surface area contributed by atoms with E-state index in [1.165, 1.54) is 0 Å². The molecule has 18 heavy (non-hydrogen) atoms. The van der Waals surface area contributed by atoms with E-state index in [1.807, 2.05) is 0 Å². The van der Waals surface area contributed by atoms with Gasteiger partial charge in [0.25, 0.3) is 0 Å². The number of rotatable bonds is 3. The molecule has 2 unspecified atom stereocenters. The summed E-state index contributed by atoms with van der Waals surface area (Å²) in [5, 5.41) is 16.0. The Morgan fingerprint density at radius 3 is 2.28 bits per heavy atom. The molecule has 0 aromatic heterocycles. The van der Waals surface area contributed by atoms with Gasteiger partial charge in [-0.25, -0.2) is 0 Å². The summed E-state index contributed by atoms with van der Waals surface area (Å²) in [5.41, 5.74) is 0. The van der Waals surface area contributed by atoms with Crippen LogP contribution in [0.4, 0.5) is 13.2 Å². The number of aliphatic hydroxyl groups excluding tert-OH is 1. The minimum Gasteiger partial charge on any atom is -0.391 e. The molecule has 1 saturated heterocycles. The van der Waals surface area contributed by atoms with Crippen molar-refractivity contribution < 1.29 is 18.3 Å². The highest BCUT2D eigenvalue weighted by Gasteiger charge is 2.41. The fraction of sp³-hybridized carbons (Fsp3) is 1.00. The third-order valence-electron chi connectivity index (χ3n) is 4.16. The highest BCUT2D eigenvalue weighted by Crippen LogP contribution is 2.37. The third-order valence-corrected chi connectivity index (χ3v) is 4.16. The Hall–Kier alpha value is -0.330. The van der Waals surface area contributed by atoms with E-state index in [-0.39, 0.29) is 30.9 Å². The first-order valence-corrected chi connectivity index (χ1v) is 6.65. The Morgan fingerprint density at radius 1 is 1.11 bits per heavy atom. The number of alkyl halides is 3. The summed E-state index contributed by atoms with van der Waals surface area (Å²) in [6.07, 6.45) is -2.74. The van der Waals surface area contributed by atoms with Gasteiger partial charge in [0.2, 0.25) is 0 Å². The van der Waals surface area contributed by atoms with Crippen molar-refractivity contribution >= 4 is 0 Å². The monoisotopic (exact) mass is 266 g/mol. The Morgan fingerprint density at radius 2 is 1.78 bits per heavy atom. The van der Waals surface area contributed by atoms with Crippen molar-refractivity contribution in [3.05, 3.63) is 0 Å². The molecule has 1 aliphatic heterocycles. The van der Waals surface area contributed by atoms with Crippen LogP contribution in [0.15, 0.2) is 0 Å². The maximum atomic E-state index is 12.5. The minimum absolute atomic E-state index is 0.177. The number of halogens is 3. The summed E-state index contributed by atoms with van der Waals surface area (Å²) in [6.45, 7) is 2.09. The maximum absolute atomic E-state index is 12.5. The predicted molar refractivity (Wildman–Crippen MR) is 62.2 cm³/mol. The number of hydrogen-bond acceptors (Lipinski definition) is 3. The summed E-state index contributed by atoms with van der Waals surface area (Å²) in [4.78, 5) is 0. The number of hydrogen-bond donors (Lipinski definition) is 3. The van der Waals surface area contributed by atoms with Gasteiger partial charge < -0.3 is 15.7 Å². The second-order valence-electron chi connectivity index (χ2n) is 5.48. The van der Waals surface area contributed by atoms with Gasteiger partial charge in [0, 0.05) is 31.6 Å². The van der Waals surface area contributed by atoms with Crippen molar-refractivity contribution in [3.8, 4) is 0 Å². The Kier molecular flexibility index (Phi) is 4.50. The number of β-amino-alcohol motifs (C(OH)–C–C–N with tert-alkyl or cyclic N) is 1. The van der Waals surface area contributed by atoms with Crippen molar-refractivity contribution in [1.29, 1.82) is 0 Å². The van der Waals surface area contributed by atoms with Gasteiger partial charge in [-0.05, 0) is 25.7 Å². The largest absolute Gasteiger partial charge is 0.391 e. The molecule has 2 aliphatic rings. The minimum atomic E-state index is -4.03. The summed E-state index contributed by atoms with van der Waals surface area (Å²) in [5.74, 6) is -0.931. The molecule has 1 aliphatic carbocycles. The first kappa shape index (κ1) is 14.1. The lowest BCUT2D eigenvalue weighted by molar-refractivity contribution is -0.182. The molecule has 0 aromatic carbocycles. The third kappa shape index (κ3) is 3.59. The van der Waals surface area contributed by atoms with Crippen LogP contribution in [-0.2, 0) is 0 Å². The zero-order chi connectivity index (χ0) is 13.2. The van der Waals surface area contributed by atoms with Gasteiger partial charge in [-0.1, -0.05) is 0 Å². The smallest absolute Gasteiger partial charge is 0.391 e. The highest BCUT2D eigenvalue weighted by molar-refractivity contribution is 4.85. The van der Waals surface area contributed by atoms with Crippen LogP contribution in [0.25, 0.3) is 0 Å². The molecule has 2 rings (SSSR count). The summed E-state index contributed by atoms with van der Waals surface area (Å²) in [7, 11) is 0. The molecule has 106 valence electrons. The summed E-state index contributed by atoms with van der Waals surface area (Å²) < 4.78 is 37.5. The molecule has 6 heteroatoms. The summed E-state index contributed by atoms with van der Waals surface area (Å²) >= 11 is 0. The van der Waals surface area contributed by atoms with Crippen molar-refractivity contribution in [3.63, 3.8) is 0 Å². The molecule has 3 N–H and O–H groups in total. The molecule has 1 saturated carbocycles. The molecule has 0 radical (unpaired) electrons. The van der Waals surface area contributed by atoms with E-state index >= 15 is 0 Å². The van der Waals surface area contributed by atoms with E-state index in [1.54, 1.807) is 0 Å². The SMILES string of the molecule is OC1CNCC1CNC1CCC(C(F)(F)F)CC1. The molecule has 0 spiro atoms. The van der Waals surface area contributed by atoms with Crippen molar-refractivity contribution in [1.82, 2.24) is 10.6 Å². The van der Waals surface area contributed by atoms with Crippen LogP contribution in [0.5, 0.6) is 0 Å². The van der Waals surface area contributed by atoms with Crippen LogP contribution < -0.4 is 10.6 Å². The van der Waals surface area contributed by atoms with Crippen LogP contribution in [0.3, 0.4) is 0 Å². The zero-order valence-corrected chi connectivity index (χ0v) is 10.3. The van der Waals surface area contributed by atoms with Crippen LogP contribution in [-0.4, -0.2) is 43.1 Å². The lowest BCUT2D eigenvalue weighted by Crippen LogP contribution is -2.41. The quantitative estimate of drug-likeness (QED) is 0.721. The maximum Gasteiger partial charge on any atom is 0.391 e. The molecular formula is C12H21F3N2O.